The molecule has 40 heavy (non-hydrogen) atoms. The number of nitrogens with zero attached hydrogens (tertiary/aromatic N) is 1. The molecule has 12 heteroatoms. The van der Waals surface area contributed by atoms with Crippen LogP contribution in [0.4, 0.5) is 10.5 Å². The second-order valence-electron chi connectivity index (χ2n) is 8.37. The zero-order valence-electron chi connectivity index (χ0n) is 21.3. The fourth-order valence-corrected chi connectivity index (χ4v) is 5.34. The first-order valence-corrected chi connectivity index (χ1v) is 13.6. The first-order valence-electron chi connectivity index (χ1n) is 11.7. The number of aromatic carboxylic acids is 1. The van der Waals surface area contributed by atoms with Gasteiger partial charge < -0.3 is 24.6 Å². The number of carboxylic acids is 1. The second kappa shape index (κ2) is 12.9. The van der Waals surface area contributed by atoms with Gasteiger partial charge in [0.1, 0.15) is 18.9 Å². The maximum atomic E-state index is 13.0. The smallest absolute Gasteiger partial charge is 0.335 e. The molecule has 2 N–H and O–H groups in total. The van der Waals surface area contributed by atoms with Gasteiger partial charge >= 0.3 is 5.97 Å². The van der Waals surface area contributed by atoms with Crippen LogP contribution < -0.4 is 19.5 Å². The van der Waals surface area contributed by atoms with E-state index in [1.807, 2.05) is 0 Å². The van der Waals surface area contributed by atoms with E-state index in [1.165, 1.54) is 26.4 Å². The Morgan fingerprint density at radius 2 is 1.80 bits per heavy atom. The van der Waals surface area contributed by atoms with Crippen molar-refractivity contribution in [3.8, 4) is 17.2 Å². The third-order valence-corrected chi connectivity index (χ3v) is 7.36. The van der Waals surface area contributed by atoms with Crippen molar-refractivity contribution in [3.05, 3.63) is 85.8 Å². The number of carbonyl (C=O) groups is 4. The number of nitrogens with one attached hydrogen (secondary N) is 1. The monoisotopic (exact) mass is 674 g/mol. The highest BCUT2D eigenvalue weighted by molar-refractivity contribution is 14.1. The van der Waals surface area contributed by atoms with E-state index in [0.29, 0.717) is 37.6 Å². The van der Waals surface area contributed by atoms with Gasteiger partial charge in [-0.05, 0) is 100 Å². The number of ether oxygens (including phenoxy) is 3. The molecule has 0 spiro atoms. The molecule has 0 radical (unpaired) electrons. The van der Waals surface area contributed by atoms with Crippen LogP contribution in [0.3, 0.4) is 0 Å². The van der Waals surface area contributed by atoms with Crippen molar-refractivity contribution in [2.24, 2.45) is 0 Å². The van der Waals surface area contributed by atoms with Crippen molar-refractivity contribution in [2.75, 3.05) is 26.1 Å². The average molecular weight is 674 g/mol. The highest BCUT2D eigenvalue weighted by Crippen LogP contribution is 2.37. The van der Waals surface area contributed by atoms with Crippen LogP contribution in [0.2, 0.25) is 0 Å². The molecule has 3 amide bonds. The number of hydrogen-bond acceptors (Lipinski definition) is 8. The van der Waals surface area contributed by atoms with Crippen LogP contribution in [-0.4, -0.2) is 53.8 Å². The number of amides is 3. The third kappa shape index (κ3) is 6.93. The van der Waals surface area contributed by atoms with E-state index >= 15 is 0 Å². The van der Waals surface area contributed by atoms with Crippen molar-refractivity contribution in [1.82, 2.24) is 4.90 Å². The summed E-state index contributed by atoms with van der Waals surface area (Å²) in [7, 11) is 3.01. The molecule has 0 saturated carbocycles. The van der Waals surface area contributed by atoms with Gasteiger partial charge in [0.05, 0.1) is 28.3 Å². The number of hydrogen-bond donors (Lipinski definition) is 2. The molecule has 3 aromatic rings. The number of halogens is 1. The number of benzene rings is 3. The largest absolute Gasteiger partial charge is 0.497 e. The van der Waals surface area contributed by atoms with E-state index in [1.54, 1.807) is 54.6 Å². The maximum absolute atomic E-state index is 13.0. The molecule has 0 aliphatic carbocycles. The SMILES string of the molecule is COc1ccc(NC(=O)CN2C(=O)S/C(=C/c3cc(I)c(OCc4cccc(C(=O)O)c4)c(OC)c3)C2=O)cc1. The van der Waals surface area contributed by atoms with E-state index < -0.39 is 29.6 Å². The Morgan fingerprint density at radius 1 is 1.05 bits per heavy atom. The lowest BCUT2D eigenvalue weighted by Gasteiger charge is -2.14. The molecular weight excluding hydrogens is 651 g/mol. The number of rotatable bonds is 10. The predicted octanol–water partition coefficient (Wildman–Crippen LogP) is 5.26. The summed E-state index contributed by atoms with van der Waals surface area (Å²) in [4.78, 5) is 50.3. The third-order valence-electron chi connectivity index (χ3n) is 5.66. The van der Waals surface area contributed by atoms with E-state index in [9.17, 15) is 24.3 Å². The topological polar surface area (TPSA) is 131 Å². The molecule has 0 aromatic heterocycles. The van der Waals surface area contributed by atoms with Gasteiger partial charge in [0.2, 0.25) is 5.91 Å². The van der Waals surface area contributed by atoms with Crippen molar-refractivity contribution >= 4 is 69.1 Å². The summed E-state index contributed by atoms with van der Waals surface area (Å²) >= 11 is 2.81. The summed E-state index contributed by atoms with van der Waals surface area (Å²) in [6.45, 7) is -0.310. The van der Waals surface area contributed by atoms with Crippen molar-refractivity contribution in [2.45, 2.75) is 6.61 Å². The van der Waals surface area contributed by atoms with Gasteiger partial charge in [0, 0.05) is 5.69 Å². The normalized spacial score (nSPS) is 13.9. The standard InChI is InChI=1S/C28H23IN2O8S/c1-37-20-8-6-19(7-9-20)30-24(32)14-31-26(33)23(40-28(31)36)13-17-11-21(29)25(22(12-17)38-2)39-15-16-4-3-5-18(10-16)27(34)35/h3-13H,14-15H2,1-2H3,(H,30,32)(H,34,35)/b23-13+. The quantitative estimate of drug-likeness (QED) is 0.219. The molecular formula is C28H23IN2O8S. The minimum Gasteiger partial charge on any atom is -0.497 e. The predicted molar refractivity (Wildman–Crippen MR) is 158 cm³/mol. The summed E-state index contributed by atoms with van der Waals surface area (Å²) in [6, 6.07) is 16.5. The van der Waals surface area contributed by atoms with E-state index in [4.69, 9.17) is 14.2 Å². The van der Waals surface area contributed by atoms with Crippen LogP contribution in [-0.2, 0) is 16.2 Å². The number of carboxylic acid groups (broad SMARTS) is 1. The average Bonchev–Trinajstić information content (AvgIpc) is 3.19. The second-order valence-corrected chi connectivity index (χ2v) is 10.5. The summed E-state index contributed by atoms with van der Waals surface area (Å²) < 4.78 is 17.2. The molecule has 4 rings (SSSR count). The highest BCUT2D eigenvalue weighted by Gasteiger charge is 2.36. The van der Waals surface area contributed by atoms with Crippen molar-refractivity contribution < 1.29 is 38.5 Å². The van der Waals surface area contributed by atoms with Crippen LogP contribution in [0.25, 0.3) is 6.08 Å². The van der Waals surface area contributed by atoms with Gasteiger partial charge in [-0.25, -0.2) is 4.79 Å². The molecule has 1 fully saturated rings. The summed E-state index contributed by atoms with van der Waals surface area (Å²) in [5.41, 5.74) is 1.93. The van der Waals surface area contributed by atoms with Gasteiger partial charge in [-0.15, -0.1) is 0 Å². The van der Waals surface area contributed by atoms with Crippen LogP contribution in [0.15, 0.2) is 65.6 Å². The van der Waals surface area contributed by atoms with Crippen LogP contribution >= 0.6 is 34.4 Å². The Hall–Kier alpha value is -4.04. The Labute approximate surface area is 247 Å². The molecule has 0 unspecified atom stereocenters. The lowest BCUT2D eigenvalue weighted by atomic mass is 10.1. The van der Waals surface area contributed by atoms with Gasteiger partial charge in [0.25, 0.3) is 11.1 Å². The molecule has 206 valence electrons. The molecule has 1 aliphatic rings. The zero-order valence-corrected chi connectivity index (χ0v) is 24.3. The lowest BCUT2D eigenvalue weighted by Crippen LogP contribution is -2.36. The Morgan fingerprint density at radius 3 is 2.48 bits per heavy atom. The fourth-order valence-electron chi connectivity index (χ4n) is 3.72. The van der Waals surface area contributed by atoms with Crippen molar-refractivity contribution in [1.29, 1.82) is 0 Å². The molecule has 0 atom stereocenters. The Kier molecular flexibility index (Phi) is 9.32. The maximum Gasteiger partial charge on any atom is 0.335 e. The summed E-state index contributed by atoms with van der Waals surface area (Å²) in [5, 5.41) is 11.3. The molecule has 0 bridgehead atoms. The Balaban J connectivity index is 1.45. The number of methoxy groups -OCH3 is 2. The fraction of sp³-hybridized carbons (Fsp3) is 0.143. The highest BCUT2D eigenvalue weighted by atomic mass is 127. The molecule has 1 heterocycles. The molecule has 3 aromatic carbocycles. The van der Waals surface area contributed by atoms with Crippen molar-refractivity contribution in [3.63, 3.8) is 0 Å². The van der Waals surface area contributed by atoms with Crippen LogP contribution in [0.5, 0.6) is 17.2 Å². The molecule has 10 nitrogen and oxygen atoms in total. The first kappa shape index (κ1) is 29.0. The number of anilines is 1. The van der Waals surface area contributed by atoms with Gasteiger partial charge in [-0.3, -0.25) is 19.3 Å². The minimum absolute atomic E-state index is 0.115. The number of thioether (sulfide) groups is 1. The lowest BCUT2D eigenvalue weighted by molar-refractivity contribution is -0.127. The molecule has 1 saturated heterocycles. The Bertz CT molecular complexity index is 1510. The van der Waals surface area contributed by atoms with Crippen LogP contribution in [0, 0.1) is 3.57 Å². The number of imide groups is 1. The minimum atomic E-state index is -1.03. The van der Waals surface area contributed by atoms with Gasteiger partial charge in [-0.2, -0.15) is 0 Å². The van der Waals surface area contributed by atoms with Gasteiger partial charge in [-0.1, -0.05) is 12.1 Å². The zero-order chi connectivity index (χ0) is 28.8. The van der Waals surface area contributed by atoms with Gasteiger partial charge in [0.15, 0.2) is 11.5 Å². The first-order chi connectivity index (χ1) is 19.2. The number of carbonyl (C=O) groups excluding carboxylic acids is 3. The van der Waals surface area contributed by atoms with E-state index in [-0.39, 0.29) is 17.1 Å². The van der Waals surface area contributed by atoms with E-state index in [0.717, 1.165) is 16.7 Å². The summed E-state index contributed by atoms with van der Waals surface area (Å²) in [6.07, 6.45) is 1.55. The summed E-state index contributed by atoms with van der Waals surface area (Å²) in [5.74, 6) is -0.645. The molecule has 1 aliphatic heterocycles. The van der Waals surface area contributed by atoms with Crippen LogP contribution in [0.1, 0.15) is 21.5 Å². The van der Waals surface area contributed by atoms with E-state index in [2.05, 4.69) is 27.9 Å².